The van der Waals surface area contributed by atoms with Crippen LogP contribution in [0.15, 0.2) is 30.6 Å². The molecular weight excluding hydrogens is 252 g/mol. The molecule has 5 heteroatoms. The van der Waals surface area contributed by atoms with Crippen LogP contribution in [-0.2, 0) is 20.0 Å². The maximum atomic E-state index is 9.46. The molecule has 2 rings (SSSR count). The molecule has 0 aliphatic rings. The number of aryl methyl sites for hydroxylation is 1. The van der Waals surface area contributed by atoms with Crippen LogP contribution in [0.25, 0.3) is 0 Å². The number of nitrogens with zero attached hydrogens (tertiary/aromatic N) is 3. The Morgan fingerprint density at radius 3 is 2.85 bits per heavy atom. The molecule has 0 saturated carbocycles. The predicted molar refractivity (Wildman–Crippen MR) is 78.2 cm³/mol. The molecule has 5 nitrogen and oxygen atoms in total. The lowest BCUT2D eigenvalue weighted by molar-refractivity contribution is 0.220. The van der Waals surface area contributed by atoms with Crippen LogP contribution in [0.3, 0.4) is 0 Å². The molecule has 1 unspecified atom stereocenters. The molecule has 108 valence electrons. The van der Waals surface area contributed by atoms with E-state index in [-0.39, 0.29) is 12.5 Å². The summed E-state index contributed by atoms with van der Waals surface area (Å²) in [7, 11) is 1.94. The summed E-state index contributed by atoms with van der Waals surface area (Å²) in [6.07, 6.45) is 4.46. The van der Waals surface area contributed by atoms with E-state index in [2.05, 4.69) is 22.3 Å². The zero-order valence-corrected chi connectivity index (χ0v) is 12.1. The first-order chi connectivity index (χ1) is 9.70. The Labute approximate surface area is 119 Å². The predicted octanol–water partition coefficient (Wildman–Crippen LogP) is 1.06. The Balaban J connectivity index is 1.81. The van der Waals surface area contributed by atoms with Gasteiger partial charge in [-0.25, -0.2) is 0 Å². The fraction of sp³-hybridized carbons (Fsp3) is 0.467. The molecule has 0 fully saturated rings. The third-order valence-electron chi connectivity index (χ3n) is 3.57. The molecular formula is C15H22N4O. The van der Waals surface area contributed by atoms with Crippen molar-refractivity contribution in [3.8, 4) is 0 Å². The Morgan fingerprint density at radius 1 is 1.40 bits per heavy atom. The van der Waals surface area contributed by atoms with Crippen molar-refractivity contribution in [1.29, 1.82) is 0 Å². The van der Waals surface area contributed by atoms with Gasteiger partial charge in [-0.05, 0) is 31.4 Å². The Hall–Kier alpha value is -1.72. The monoisotopic (exact) mass is 274 g/mol. The van der Waals surface area contributed by atoms with Crippen LogP contribution in [0.1, 0.15) is 17.0 Å². The standard InChI is InChI=1S/C15H22N4O/c1-12-14(10-18-19(12)2)9-16-8-13(11-20)7-15-5-3-4-6-17-15/h3-6,10,13,16,20H,7-9,11H2,1-2H3. The summed E-state index contributed by atoms with van der Waals surface area (Å²) in [5.41, 5.74) is 3.38. The van der Waals surface area contributed by atoms with Gasteiger partial charge in [-0.15, -0.1) is 0 Å². The average molecular weight is 274 g/mol. The topological polar surface area (TPSA) is 63.0 Å². The van der Waals surface area contributed by atoms with Gasteiger partial charge in [0.05, 0.1) is 6.20 Å². The van der Waals surface area contributed by atoms with E-state index in [9.17, 15) is 5.11 Å². The van der Waals surface area contributed by atoms with E-state index in [1.807, 2.05) is 36.1 Å². The van der Waals surface area contributed by atoms with Crippen LogP contribution in [-0.4, -0.2) is 33.0 Å². The largest absolute Gasteiger partial charge is 0.396 e. The SMILES string of the molecule is Cc1c(CNCC(CO)Cc2ccccn2)cnn1C. The maximum absolute atomic E-state index is 9.46. The first-order valence-electron chi connectivity index (χ1n) is 6.89. The highest BCUT2D eigenvalue weighted by molar-refractivity contribution is 5.15. The molecule has 0 saturated heterocycles. The second kappa shape index (κ2) is 7.17. The van der Waals surface area contributed by atoms with Crippen LogP contribution in [0, 0.1) is 12.8 Å². The normalized spacial score (nSPS) is 12.6. The van der Waals surface area contributed by atoms with Gasteiger partial charge in [0.15, 0.2) is 0 Å². The zero-order chi connectivity index (χ0) is 14.4. The molecule has 2 aromatic rings. The van der Waals surface area contributed by atoms with Gasteiger partial charge < -0.3 is 10.4 Å². The quantitative estimate of drug-likeness (QED) is 0.792. The van der Waals surface area contributed by atoms with Gasteiger partial charge in [0.25, 0.3) is 0 Å². The molecule has 0 aliphatic carbocycles. The average Bonchev–Trinajstić information content (AvgIpc) is 2.79. The van der Waals surface area contributed by atoms with Crippen molar-refractivity contribution in [2.75, 3.05) is 13.2 Å². The molecule has 0 bridgehead atoms. The van der Waals surface area contributed by atoms with Gasteiger partial charge in [0.2, 0.25) is 0 Å². The summed E-state index contributed by atoms with van der Waals surface area (Å²) in [6.45, 7) is 3.76. The lowest BCUT2D eigenvalue weighted by Crippen LogP contribution is -2.26. The molecule has 2 N–H and O–H groups in total. The van der Waals surface area contributed by atoms with E-state index in [1.54, 1.807) is 6.20 Å². The van der Waals surface area contributed by atoms with E-state index in [1.165, 1.54) is 11.3 Å². The molecule has 0 amide bonds. The van der Waals surface area contributed by atoms with Gasteiger partial charge in [-0.3, -0.25) is 9.67 Å². The smallest absolute Gasteiger partial charge is 0.0537 e. The number of aromatic nitrogens is 3. The maximum Gasteiger partial charge on any atom is 0.0537 e. The van der Waals surface area contributed by atoms with E-state index in [0.717, 1.165) is 25.2 Å². The number of hydrogen-bond acceptors (Lipinski definition) is 4. The van der Waals surface area contributed by atoms with E-state index in [0.29, 0.717) is 0 Å². The third-order valence-corrected chi connectivity index (χ3v) is 3.57. The van der Waals surface area contributed by atoms with E-state index < -0.39 is 0 Å². The second-order valence-corrected chi connectivity index (χ2v) is 5.08. The number of aliphatic hydroxyl groups is 1. The highest BCUT2D eigenvalue weighted by Gasteiger charge is 2.10. The van der Waals surface area contributed by atoms with Crippen molar-refractivity contribution in [2.24, 2.45) is 13.0 Å². The summed E-state index contributed by atoms with van der Waals surface area (Å²) >= 11 is 0. The minimum atomic E-state index is 0.162. The molecule has 0 aliphatic heterocycles. The summed E-state index contributed by atoms with van der Waals surface area (Å²) in [4.78, 5) is 4.30. The fourth-order valence-electron chi connectivity index (χ4n) is 2.14. The number of nitrogens with one attached hydrogen (secondary N) is 1. The molecule has 0 spiro atoms. The lowest BCUT2D eigenvalue weighted by atomic mass is 10.0. The molecule has 20 heavy (non-hydrogen) atoms. The number of aliphatic hydroxyl groups excluding tert-OH is 1. The molecule has 2 heterocycles. The summed E-state index contributed by atoms with van der Waals surface area (Å²) in [6, 6.07) is 5.87. The highest BCUT2D eigenvalue weighted by atomic mass is 16.3. The van der Waals surface area contributed by atoms with Crippen LogP contribution >= 0.6 is 0 Å². The first kappa shape index (κ1) is 14.7. The van der Waals surface area contributed by atoms with Gasteiger partial charge in [-0.1, -0.05) is 6.07 Å². The van der Waals surface area contributed by atoms with Crippen LogP contribution < -0.4 is 5.32 Å². The van der Waals surface area contributed by atoms with Crippen LogP contribution in [0.4, 0.5) is 0 Å². The number of pyridine rings is 1. The van der Waals surface area contributed by atoms with Crippen molar-refractivity contribution in [3.63, 3.8) is 0 Å². The van der Waals surface area contributed by atoms with Crippen molar-refractivity contribution >= 4 is 0 Å². The number of hydrogen-bond donors (Lipinski definition) is 2. The summed E-state index contributed by atoms with van der Waals surface area (Å²) in [5.74, 6) is 0.182. The fourth-order valence-corrected chi connectivity index (χ4v) is 2.14. The molecule has 0 aromatic carbocycles. The van der Waals surface area contributed by atoms with Gasteiger partial charge in [0.1, 0.15) is 0 Å². The Bertz CT molecular complexity index is 524. The van der Waals surface area contributed by atoms with Crippen molar-refractivity contribution in [3.05, 3.63) is 47.5 Å². The first-order valence-corrected chi connectivity index (χ1v) is 6.89. The summed E-state index contributed by atoms with van der Waals surface area (Å²) < 4.78 is 1.87. The van der Waals surface area contributed by atoms with Crippen LogP contribution in [0.5, 0.6) is 0 Å². The van der Waals surface area contributed by atoms with E-state index >= 15 is 0 Å². The van der Waals surface area contributed by atoms with Gasteiger partial charge >= 0.3 is 0 Å². The molecule has 0 radical (unpaired) electrons. The molecule has 2 aromatic heterocycles. The zero-order valence-electron chi connectivity index (χ0n) is 12.1. The Morgan fingerprint density at radius 2 is 2.25 bits per heavy atom. The highest BCUT2D eigenvalue weighted by Crippen LogP contribution is 2.07. The van der Waals surface area contributed by atoms with Crippen molar-refractivity contribution in [1.82, 2.24) is 20.1 Å². The third kappa shape index (κ3) is 3.88. The summed E-state index contributed by atoms with van der Waals surface area (Å²) in [5, 5.41) is 17.1. The van der Waals surface area contributed by atoms with E-state index in [4.69, 9.17) is 0 Å². The van der Waals surface area contributed by atoms with Gasteiger partial charge in [0, 0.05) is 49.9 Å². The second-order valence-electron chi connectivity index (χ2n) is 5.08. The minimum Gasteiger partial charge on any atom is -0.396 e. The van der Waals surface area contributed by atoms with Crippen LogP contribution in [0.2, 0.25) is 0 Å². The van der Waals surface area contributed by atoms with Gasteiger partial charge in [-0.2, -0.15) is 5.10 Å². The number of rotatable bonds is 7. The minimum absolute atomic E-state index is 0.162. The Kier molecular flexibility index (Phi) is 5.26. The molecule has 1 atom stereocenters. The lowest BCUT2D eigenvalue weighted by Gasteiger charge is -2.14. The van der Waals surface area contributed by atoms with Crippen molar-refractivity contribution in [2.45, 2.75) is 19.9 Å². The van der Waals surface area contributed by atoms with Crippen molar-refractivity contribution < 1.29 is 5.11 Å².